The number of hydrogen-bond donors (Lipinski definition) is 1. The van der Waals surface area contributed by atoms with E-state index in [0.29, 0.717) is 19.7 Å². The van der Waals surface area contributed by atoms with Gasteiger partial charge < -0.3 is 15.0 Å². The van der Waals surface area contributed by atoms with Gasteiger partial charge in [0.15, 0.2) is 0 Å². The second-order valence-electron chi connectivity index (χ2n) is 5.12. The van der Waals surface area contributed by atoms with Crippen LogP contribution in [0.5, 0.6) is 5.75 Å². The summed E-state index contributed by atoms with van der Waals surface area (Å²) in [6, 6.07) is 8.16. The van der Waals surface area contributed by atoms with E-state index in [9.17, 15) is 4.79 Å². The maximum atomic E-state index is 11.6. The normalized spacial score (nSPS) is 15.8. The Kier molecular flexibility index (Phi) is 5.87. The number of carbonyl (C=O) groups excluding carboxylic acids is 1. The Morgan fingerprint density at radius 2 is 1.90 bits per heavy atom. The highest BCUT2D eigenvalue weighted by Crippen LogP contribution is 2.28. The first-order chi connectivity index (χ1) is 10.2. The van der Waals surface area contributed by atoms with Gasteiger partial charge in [-0.3, -0.25) is 9.69 Å². The van der Waals surface area contributed by atoms with Crippen LogP contribution in [0.2, 0.25) is 0 Å². The number of hydrogen-bond acceptors (Lipinski definition) is 4. The molecule has 1 aliphatic heterocycles. The van der Waals surface area contributed by atoms with Gasteiger partial charge in [-0.05, 0) is 26.0 Å². The smallest absolute Gasteiger partial charge is 0.234 e. The third-order valence-corrected chi connectivity index (χ3v) is 3.62. The zero-order valence-corrected chi connectivity index (χ0v) is 13.0. The molecule has 0 bridgehead atoms. The maximum absolute atomic E-state index is 11.6. The van der Waals surface area contributed by atoms with Crippen LogP contribution in [-0.4, -0.2) is 56.7 Å². The fraction of sp³-hybridized carbons (Fsp3) is 0.562. The molecule has 1 N–H and O–H groups in total. The number of piperazine rings is 1. The molecule has 0 unspecified atom stereocenters. The van der Waals surface area contributed by atoms with Gasteiger partial charge in [0.1, 0.15) is 5.75 Å². The Morgan fingerprint density at radius 1 is 1.19 bits per heavy atom. The molecule has 1 aromatic rings. The molecule has 1 heterocycles. The Bertz CT molecular complexity index is 457. The number of amides is 1. The molecule has 0 saturated carbocycles. The van der Waals surface area contributed by atoms with Crippen molar-refractivity contribution in [3.8, 4) is 5.75 Å². The van der Waals surface area contributed by atoms with Crippen LogP contribution in [0.3, 0.4) is 0 Å². The summed E-state index contributed by atoms with van der Waals surface area (Å²) in [5.41, 5.74) is 1.15. The molecule has 21 heavy (non-hydrogen) atoms. The number of nitrogens with zero attached hydrogens (tertiary/aromatic N) is 2. The van der Waals surface area contributed by atoms with Gasteiger partial charge >= 0.3 is 0 Å². The van der Waals surface area contributed by atoms with E-state index in [1.807, 2.05) is 32.0 Å². The average molecular weight is 291 g/mol. The van der Waals surface area contributed by atoms with Gasteiger partial charge in [0.25, 0.3) is 0 Å². The third-order valence-electron chi connectivity index (χ3n) is 3.62. The largest absolute Gasteiger partial charge is 0.492 e. The Morgan fingerprint density at radius 3 is 2.57 bits per heavy atom. The molecule has 116 valence electrons. The fourth-order valence-corrected chi connectivity index (χ4v) is 2.60. The first-order valence-corrected chi connectivity index (χ1v) is 7.70. The van der Waals surface area contributed by atoms with Crippen molar-refractivity contribution in [2.45, 2.75) is 13.8 Å². The lowest BCUT2D eigenvalue weighted by atomic mass is 10.2. The highest BCUT2D eigenvalue weighted by molar-refractivity contribution is 5.78. The van der Waals surface area contributed by atoms with E-state index < -0.39 is 0 Å². The summed E-state index contributed by atoms with van der Waals surface area (Å²) in [6.07, 6.45) is 0. The summed E-state index contributed by atoms with van der Waals surface area (Å²) in [4.78, 5) is 16.1. The van der Waals surface area contributed by atoms with E-state index in [1.165, 1.54) is 0 Å². The molecule has 5 heteroatoms. The molecular formula is C16H25N3O2. The van der Waals surface area contributed by atoms with E-state index in [4.69, 9.17) is 4.74 Å². The van der Waals surface area contributed by atoms with Crippen molar-refractivity contribution in [2.24, 2.45) is 0 Å². The summed E-state index contributed by atoms with van der Waals surface area (Å²) in [5.74, 6) is 1.05. The molecule has 2 rings (SSSR count). The first kappa shape index (κ1) is 15.6. The van der Waals surface area contributed by atoms with Gasteiger partial charge in [-0.2, -0.15) is 0 Å². The Balaban J connectivity index is 1.90. The number of carbonyl (C=O) groups is 1. The van der Waals surface area contributed by atoms with Crippen LogP contribution < -0.4 is 15.0 Å². The number of ether oxygens (including phenoxy) is 1. The van der Waals surface area contributed by atoms with Crippen molar-refractivity contribution in [2.75, 3.05) is 50.8 Å². The Labute approximate surface area is 126 Å². The van der Waals surface area contributed by atoms with Gasteiger partial charge in [-0.25, -0.2) is 0 Å². The molecule has 1 amide bonds. The van der Waals surface area contributed by atoms with Crippen LogP contribution >= 0.6 is 0 Å². The van der Waals surface area contributed by atoms with Gasteiger partial charge in [0.2, 0.25) is 5.91 Å². The number of anilines is 1. The van der Waals surface area contributed by atoms with Crippen molar-refractivity contribution < 1.29 is 9.53 Å². The van der Waals surface area contributed by atoms with Crippen LogP contribution in [0.25, 0.3) is 0 Å². The summed E-state index contributed by atoms with van der Waals surface area (Å²) in [5, 5.41) is 2.85. The minimum Gasteiger partial charge on any atom is -0.492 e. The number of likely N-dealkylation sites (N-methyl/N-ethyl adjacent to an activating group) is 1. The fourth-order valence-electron chi connectivity index (χ4n) is 2.60. The number of para-hydroxylation sites is 2. The average Bonchev–Trinajstić information content (AvgIpc) is 2.49. The second kappa shape index (κ2) is 7.88. The Hall–Kier alpha value is -1.75. The lowest BCUT2D eigenvalue weighted by Gasteiger charge is -2.36. The van der Waals surface area contributed by atoms with Crippen molar-refractivity contribution in [3.05, 3.63) is 24.3 Å². The van der Waals surface area contributed by atoms with Crippen molar-refractivity contribution in [1.29, 1.82) is 0 Å². The van der Waals surface area contributed by atoms with Gasteiger partial charge in [0.05, 0.1) is 18.8 Å². The van der Waals surface area contributed by atoms with E-state index in [1.54, 1.807) is 0 Å². The van der Waals surface area contributed by atoms with Gasteiger partial charge in [-0.1, -0.05) is 12.1 Å². The topological polar surface area (TPSA) is 44.8 Å². The molecule has 1 fully saturated rings. The molecule has 0 aliphatic carbocycles. The monoisotopic (exact) mass is 291 g/mol. The summed E-state index contributed by atoms with van der Waals surface area (Å²) < 4.78 is 5.69. The van der Waals surface area contributed by atoms with E-state index in [-0.39, 0.29) is 5.91 Å². The van der Waals surface area contributed by atoms with E-state index in [2.05, 4.69) is 21.2 Å². The predicted molar refractivity (Wildman–Crippen MR) is 84.9 cm³/mol. The third kappa shape index (κ3) is 4.36. The van der Waals surface area contributed by atoms with Crippen LogP contribution in [0, 0.1) is 0 Å². The summed E-state index contributed by atoms with van der Waals surface area (Å²) in [7, 11) is 0. The number of rotatable bonds is 6. The van der Waals surface area contributed by atoms with Crippen molar-refractivity contribution >= 4 is 11.6 Å². The van der Waals surface area contributed by atoms with Crippen LogP contribution in [0.15, 0.2) is 24.3 Å². The van der Waals surface area contributed by atoms with Crippen LogP contribution in [-0.2, 0) is 4.79 Å². The summed E-state index contributed by atoms with van der Waals surface area (Å²) >= 11 is 0. The highest BCUT2D eigenvalue weighted by Gasteiger charge is 2.20. The SMILES string of the molecule is CCNC(=O)CN1CCN(c2ccccc2OCC)CC1. The molecule has 1 aliphatic rings. The van der Waals surface area contributed by atoms with Gasteiger partial charge in [-0.15, -0.1) is 0 Å². The standard InChI is InChI=1S/C16H25N3O2/c1-3-17-16(20)13-18-9-11-19(12-10-18)14-7-5-6-8-15(14)21-4-2/h5-8H,3-4,9-13H2,1-2H3,(H,17,20). The number of nitrogens with one attached hydrogen (secondary N) is 1. The van der Waals surface area contributed by atoms with Crippen molar-refractivity contribution in [1.82, 2.24) is 10.2 Å². The van der Waals surface area contributed by atoms with Crippen molar-refractivity contribution in [3.63, 3.8) is 0 Å². The van der Waals surface area contributed by atoms with E-state index >= 15 is 0 Å². The molecule has 0 atom stereocenters. The molecule has 0 aromatic heterocycles. The lowest BCUT2D eigenvalue weighted by molar-refractivity contribution is -0.122. The molecule has 1 saturated heterocycles. The molecule has 0 spiro atoms. The maximum Gasteiger partial charge on any atom is 0.234 e. The molecule has 5 nitrogen and oxygen atoms in total. The number of benzene rings is 1. The molecular weight excluding hydrogens is 266 g/mol. The second-order valence-corrected chi connectivity index (χ2v) is 5.12. The minimum atomic E-state index is 0.112. The predicted octanol–water partition coefficient (Wildman–Crippen LogP) is 1.34. The molecule has 0 radical (unpaired) electrons. The lowest BCUT2D eigenvalue weighted by Crippen LogP contribution is -2.49. The van der Waals surface area contributed by atoms with Crippen LogP contribution in [0.4, 0.5) is 5.69 Å². The zero-order chi connectivity index (χ0) is 15.1. The highest BCUT2D eigenvalue weighted by atomic mass is 16.5. The first-order valence-electron chi connectivity index (χ1n) is 7.70. The molecule has 1 aromatic carbocycles. The van der Waals surface area contributed by atoms with E-state index in [0.717, 1.165) is 37.6 Å². The summed E-state index contributed by atoms with van der Waals surface area (Å²) in [6.45, 7) is 9.45. The zero-order valence-electron chi connectivity index (χ0n) is 13.0. The van der Waals surface area contributed by atoms with Gasteiger partial charge in [0, 0.05) is 32.7 Å². The minimum absolute atomic E-state index is 0.112. The van der Waals surface area contributed by atoms with Crippen LogP contribution in [0.1, 0.15) is 13.8 Å². The quantitative estimate of drug-likeness (QED) is 0.859.